The summed E-state index contributed by atoms with van der Waals surface area (Å²) in [5.41, 5.74) is 2.31. The zero-order valence-electron chi connectivity index (χ0n) is 10.6. The first kappa shape index (κ1) is 11.8. The molecule has 5 nitrogen and oxygen atoms in total. The van der Waals surface area contributed by atoms with Crippen LogP contribution in [0.1, 0.15) is 43.9 Å². The molecular weight excluding hydrogens is 216 g/mol. The van der Waals surface area contributed by atoms with Gasteiger partial charge < -0.3 is 4.52 Å². The van der Waals surface area contributed by atoms with Gasteiger partial charge in [0, 0.05) is 12.1 Å². The molecule has 0 N–H and O–H groups in total. The molecule has 0 fully saturated rings. The zero-order chi connectivity index (χ0) is 12.3. The molecule has 2 aromatic heterocycles. The van der Waals surface area contributed by atoms with Gasteiger partial charge in [-0.25, -0.2) is 0 Å². The second kappa shape index (κ2) is 5.12. The van der Waals surface area contributed by atoms with Gasteiger partial charge in [0.2, 0.25) is 5.89 Å². The van der Waals surface area contributed by atoms with Crippen molar-refractivity contribution in [3.05, 3.63) is 29.2 Å². The van der Waals surface area contributed by atoms with Gasteiger partial charge in [0.25, 0.3) is 0 Å². The topological polar surface area (TPSA) is 56.7 Å². The largest absolute Gasteiger partial charge is 0.337 e. The second-order valence-corrected chi connectivity index (χ2v) is 3.95. The number of rotatable bonds is 5. The Kier molecular flexibility index (Phi) is 3.56. The third kappa shape index (κ3) is 2.54. The van der Waals surface area contributed by atoms with Gasteiger partial charge in [0.15, 0.2) is 5.82 Å². The first-order valence-corrected chi connectivity index (χ1v) is 6.13. The molecule has 2 aromatic rings. The molecule has 0 atom stereocenters. The van der Waals surface area contributed by atoms with Gasteiger partial charge in [-0.05, 0) is 18.9 Å². The summed E-state index contributed by atoms with van der Waals surface area (Å²) >= 11 is 0. The first-order valence-electron chi connectivity index (χ1n) is 6.13. The Morgan fingerprint density at radius 2 is 2.00 bits per heavy atom. The van der Waals surface area contributed by atoms with Crippen LogP contribution in [0.3, 0.4) is 0 Å². The molecule has 0 saturated carbocycles. The molecule has 17 heavy (non-hydrogen) atoms. The molecule has 0 aliphatic carbocycles. The Bertz CT molecular complexity index is 486. The SMILES string of the molecule is CCc1cc(CC)n(Cc2nc(CC)no2)n1. The Balaban J connectivity index is 2.19. The Labute approximate surface area is 101 Å². The van der Waals surface area contributed by atoms with E-state index in [1.807, 2.05) is 11.6 Å². The van der Waals surface area contributed by atoms with Gasteiger partial charge in [-0.1, -0.05) is 25.9 Å². The Morgan fingerprint density at radius 3 is 2.59 bits per heavy atom. The van der Waals surface area contributed by atoms with Crippen molar-refractivity contribution in [2.75, 3.05) is 0 Å². The van der Waals surface area contributed by atoms with E-state index in [9.17, 15) is 0 Å². The van der Waals surface area contributed by atoms with Crippen molar-refractivity contribution in [1.82, 2.24) is 19.9 Å². The molecule has 0 saturated heterocycles. The van der Waals surface area contributed by atoms with Crippen LogP contribution in [0.15, 0.2) is 10.6 Å². The molecule has 0 spiro atoms. The van der Waals surface area contributed by atoms with Crippen LogP contribution < -0.4 is 0 Å². The molecule has 2 heterocycles. The summed E-state index contributed by atoms with van der Waals surface area (Å²) in [6.07, 6.45) is 2.70. The predicted octanol–water partition coefficient (Wildman–Crippen LogP) is 2.00. The lowest BCUT2D eigenvalue weighted by Gasteiger charge is -2.01. The maximum Gasteiger partial charge on any atom is 0.248 e. The van der Waals surface area contributed by atoms with E-state index in [0.717, 1.165) is 30.8 Å². The normalized spacial score (nSPS) is 11.0. The number of hydrogen-bond donors (Lipinski definition) is 0. The standard InChI is InChI=1S/C12H18N4O/c1-4-9-7-10(5-2)16(14-9)8-12-13-11(6-3)15-17-12/h7H,4-6,8H2,1-3H3. The van der Waals surface area contributed by atoms with Gasteiger partial charge in [-0.2, -0.15) is 10.1 Å². The number of nitrogens with zero attached hydrogens (tertiary/aromatic N) is 4. The molecule has 5 heteroatoms. The molecule has 92 valence electrons. The monoisotopic (exact) mass is 234 g/mol. The molecule has 0 bridgehead atoms. The summed E-state index contributed by atoms with van der Waals surface area (Å²) in [5, 5.41) is 8.40. The van der Waals surface area contributed by atoms with Crippen molar-refractivity contribution >= 4 is 0 Å². The second-order valence-electron chi connectivity index (χ2n) is 3.95. The van der Waals surface area contributed by atoms with Crippen LogP contribution in [0.2, 0.25) is 0 Å². The summed E-state index contributed by atoms with van der Waals surface area (Å²) in [6, 6.07) is 2.14. The number of aryl methyl sites for hydroxylation is 3. The highest BCUT2D eigenvalue weighted by atomic mass is 16.5. The first-order chi connectivity index (χ1) is 8.26. The summed E-state index contributed by atoms with van der Waals surface area (Å²) < 4.78 is 7.13. The van der Waals surface area contributed by atoms with Crippen molar-refractivity contribution < 1.29 is 4.52 Å². The number of hydrogen-bond acceptors (Lipinski definition) is 4. The van der Waals surface area contributed by atoms with E-state index in [-0.39, 0.29) is 0 Å². The molecule has 2 rings (SSSR count). The van der Waals surface area contributed by atoms with E-state index in [2.05, 4.69) is 35.2 Å². The fourth-order valence-electron chi connectivity index (χ4n) is 1.74. The highest BCUT2D eigenvalue weighted by Crippen LogP contribution is 2.09. The van der Waals surface area contributed by atoms with E-state index in [4.69, 9.17) is 4.52 Å². The summed E-state index contributed by atoms with van der Waals surface area (Å²) in [6.45, 7) is 6.80. The lowest BCUT2D eigenvalue weighted by Crippen LogP contribution is -2.06. The highest BCUT2D eigenvalue weighted by molar-refractivity contribution is 5.11. The Hall–Kier alpha value is -1.65. The van der Waals surface area contributed by atoms with Crippen LogP contribution >= 0.6 is 0 Å². The van der Waals surface area contributed by atoms with E-state index < -0.39 is 0 Å². The van der Waals surface area contributed by atoms with E-state index in [1.165, 1.54) is 5.69 Å². The van der Waals surface area contributed by atoms with Crippen LogP contribution in [0.4, 0.5) is 0 Å². The quantitative estimate of drug-likeness (QED) is 0.794. The van der Waals surface area contributed by atoms with E-state index >= 15 is 0 Å². The molecule has 0 aliphatic rings. The average Bonchev–Trinajstić information content (AvgIpc) is 2.95. The minimum absolute atomic E-state index is 0.566. The van der Waals surface area contributed by atoms with Crippen molar-refractivity contribution in [3.63, 3.8) is 0 Å². The summed E-state index contributed by atoms with van der Waals surface area (Å²) in [5.74, 6) is 1.38. The van der Waals surface area contributed by atoms with Gasteiger partial charge in [0.1, 0.15) is 6.54 Å². The highest BCUT2D eigenvalue weighted by Gasteiger charge is 2.10. The lowest BCUT2D eigenvalue weighted by molar-refractivity contribution is 0.359. The van der Waals surface area contributed by atoms with E-state index in [1.54, 1.807) is 0 Å². The van der Waals surface area contributed by atoms with Gasteiger partial charge in [0.05, 0.1) is 5.69 Å². The molecule has 0 aromatic carbocycles. The van der Waals surface area contributed by atoms with Gasteiger partial charge in [-0.3, -0.25) is 4.68 Å². The molecule has 0 unspecified atom stereocenters. The smallest absolute Gasteiger partial charge is 0.248 e. The maximum atomic E-state index is 5.18. The Morgan fingerprint density at radius 1 is 1.18 bits per heavy atom. The van der Waals surface area contributed by atoms with Crippen LogP contribution in [0.25, 0.3) is 0 Å². The van der Waals surface area contributed by atoms with Crippen molar-refractivity contribution in [2.45, 2.75) is 46.6 Å². The molecule has 0 amide bonds. The van der Waals surface area contributed by atoms with Gasteiger partial charge in [-0.15, -0.1) is 0 Å². The predicted molar refractivity (Wildman–Crippen MR) is 63.8 cm³/mol. The van der Waals surface area contributed by atoms with E-state index in [0.29, 0.717) is 12.4 Å². The molecule has 0 aliphatic heterocycles. The third-order valence-corrected chi connectivity index (χ3v) is 2.75. The lowest BCUT2D eigenvalue weighted by atomic mass is 10.3. The van der Waals surface area contributed by atoms with Crippen LogP contribution in [-0.2, 0) is 25.8 Å². The average molecular weight is 234 g/mol. The fraction of sp³-hybridized carbons (Fsp3) is 0.583. The van der Waals surface area contributed by atoms with Crippen molar-refractivity contribution in [1.29, 1.82) is 0 Å². The summed E-state index contributed by atoms with van der Waals surface area (Å²) in [4.78, 5) is 4.30. The van der Waals surface area contributed by atoms with Gasteiger partial charge >= 0.3 is 0 Å². The van der Waals surface area contributed by atoms with Crippen molar-refractivity contribution in [2.24, 2.45) is 0 Å². The maximum absolute atomic E-state index is 5.18. The fourth-order valence-corrected chi connectivity index (χ4v) is 1.74. The summed E-state index contributed by atoms with van der Waals surface area (Å²) in [7, 11) is 0. The zero-order valence-corrected chi connectivity index (χ0v) is 10.6. The molecule has 0 radical (unpaired) electrons. The van der Waals surface area contributed by atoms with Crippen molar-refractivity contribution in [3.8, 4) is 0 Å². The molecular formula is C12H18N4O. The van der Waals surface area contributed by atoms with Crippen LogP contribution in [0, 0.1) is 0 Å². The number of aromatic nitrogens is 4. The van der Waals surface area contributed by atoms with Crippen LogP contribution in [0.5, 0.6) is 0 Å². The van der Waals surface area contributed by atoms with Crippen LogP contribution in [-0.4, -0.2) is 19.9 Å². The minimum atomic E-state index is 0.566. The third-order valence-electron chi connectivity index (χ3n) is 2.75. The minimum Gasteiger partial charge on any atom is -0.337 e.